The Balaban J connectivity index is 1.68. The van der Waals surface area contributed by atoms with Gasteiger partial charge in [0.15, 0.2) is 0 Å². The Bertz CT molecular complexity index is 658. The highest BCUT2D eigenvalue weighted by Crippen LogP contribution is 2.37. The van der Waals surface area contributed by atoms with Crippen molar-refractivity contribution in [2.45, 2.75) is 50.4 Å². The van der Waals surface area contributed by atoms with Crippen LogP contribution in [0.4, 0.5) is 0 Å². The van der Waals surface area contributed by atoms with Gasteiger partial charge in [-0.05, 0) is 43.4 Å². The van der Waals surface area contributed by atoms with E-state index < -0.39 is 0 Å². The molecule has 2 aliphatic rings. The maximum Gasteiger partial charge on any atom is 0.0758 e. The minimum atomic E-state index is 0.401. The van der Waals surface area contributed by atoms with Crippen LogP contribution in [0, 0.1) is 0 Å². The number of benzene rings is 1. The largest absolute Gasteiger partial charge is 0.328 e. The van der Waals surface area contributed by atoms with E-state index in [4.69, 9.17) is 5.73 Å². The van der Waals surface area contributed by atoms with Crippen molar-refractivity contribution in [1.82, 2.24) is 9.88 Å². The molecule has 3 nitrogen and oxygen atoms in total. The molecule has 3 heterocycles. The molecule has 0 aliphatic carbocycles. The van der Waals surface area contributed by atoms with Gasteiger partial charge in [-0.3, -0.25) is 9.88 Å². The fraction of sp³-hybridized carbons (Fsp3) is 0.471. The third kappa shape index (κ3) is 2.39. The van der Waals surface area contributed by atoms with Gasteiger partial charge in [-0.2, -0.15) is 0 Å². The highest BCUT2D eigenvalue weighted by Gasteiger charge is 2.39. The van der Waals surface area contributed by atoms with Gasteiger partial charge in [0.2, 0.25) is 0 Å². The summed E-state index contributed by atoms with van der Waals surface area (Å²) in [6, 6.07) is 10.2. The van der Waals surface area contributed by atoms with Gasteiger partial charge < -0.3 is 5.73 Å². The standard InChI is InChI=1S/C17H20BrN3/c18-16-6-3-11(17-15(16)2-1-7-20-17)10-21-13-4-5-14(21)9-12(19)8-13/h1-3,6-7,12-14H,4-5,8-10,19H2. The lowest BCUT2D eigenvalue weighted by Crippen LogP contribution is -2.46. The smallest absolute Gasteiger partial charge is 0.0758 e. The normalized spacial score (nSPS) is 29.1. The average molecular weight is 346 g/mol. The number of hydrogen-bond acceptors (Lipinski definition) is 3. The fourth-order valence-electron chi connectivity index (χ4n) is 4.10. The molecule has 2 bridgehead atoms. The molecule has 2 aliphatic heterocycles. The summed E-state index contributed by atoms with van der Waals surface area (Å²) >= 11 is 3.63. The summed E-state index contributed by atoms with van der Waals surface area (Å²) < 4.78 is 1.12. The van der Waals surface area contributed by atoms with E-state index in [9.17, 15) is 0 Å². The van der Waals surface area contributed by atoms with Crippen LogP contribution in [0.5, 0.6) is 0 Å². The topological polar surface area (TPSA) is 42.1 Å². The van der Waals surface area contributed by atoms with E-state index in [0.29, 0.717) is 18.1 Å². The lowest BCUT2D eigenvalue weighted by Gasteiger charge is -2.37. The minimum absolute atomic E-state index is 0.401. The molecule has 21 heavy (non-hydrogen) atoms. The molecule has 0 radical (unpaired) electrons. The second-order valence-electron chi connectivity index (χ2n) is 6.39. The lowest BCUT2D eigenvalue weighted by molar-refractivity contribution is 0.120. The van der Waals surface area contributed by atoms with Crippen molar-refractivity contribution >= 4 is 26.8 Å². The number of nitrogens with zero attached hydrogens (tertiary/aromatic N) is 2. The Kier molecular flexibility index (Phi) is 3.48. The van der Waals surface area contributed by atoms with Gasteiger partial charge in [0.05, 0.1) is 5.52 Å². The average Bonchev–Trinajstić information content (AvgIpc) is 2.73. The Morgan fingerprint density at radius 3 is 2.71 bits per heavy atom. The van der Waals surface area contributed by atoms with Crippen molar-refractivity contribution in [3.63, 3.8) is 0 Å². The molecule has 0 spiro atoms. The minimum Gasteiger partial charge on any atom is -0.328 e. The van der Waals surface area contributed by atoms with Crippen LogP contribution in [0.2, 0.25) is 0 Å². The number of fused-ring (bicyclic) bond motifs is 3. The molecular weight excluding hydrogens is 326 g/mol. The number of piperidine rings is 1. The first-order chi connectivity index (χ1) is 10.2. The van der Waals surface area contributed by atoms with E-state index in [1.54, 1.807) is 0 Å². The highest BCUT2D eigenvalue weighted by molar-refractivity contribution is 9.10. The summed E-state index contributed by atoms with van der Waals surface area (Å²) in [5, 5.41) is 1.20. The van der Waals surface area contributed by atoms with Crippen LogP contribution in [0.25, 0.3) is 10.9 Å². The second-order valence-corrected chi connectivity index (χ2v) is 7.25. The Morgan fingerprint density at radius 1 is 1.19 bits per heavy atom. The summed E-state index contributed by atoms with van der Waals surface area (Å²) in [7, 11) is 0. The lowest BCUT2D eigenvalue weighted by atomic mass is 9.97. The van der Waals surface area contributed by atoms with Crippen molar-refractivity contribution in [2.75, 3.05) is 0 Å². The van der Waals surface area contributed by atoms with Crippen LogP contribution >= 0.6 is 15.9 Å². The third-order valence-corrected chi connectivity index (χ3v) is 5.77. The van der Waals surface area contributed by atoms with Crippen molar-refractivity contribution in [2.24, 2.45) is 5.73 Å². The third-order valence-electron chi connectivity index (χ3n) is 5.07. The van der Waals surface area contributed by atoms with Crippen LogP contribution in [-0.2, 0) is 6.54 Å². The molecule has 4 heteroatoms. The first kappa shape index (κ1) is 13.7. The second kappa shape index (κ2) is 5.34. The SMILES string of the molecule is NC1CC2CCC(C1)N2Cc1ccc(Br)c2cccnc12. The number of pyridine rings is 1. The monoisotopic (exact) mass is 345 g/mol. The van der Waals surface area contributed by atoms with Crippen molar-refractivity contribution in [3.8, 4) is 0 Å². The molecule has 1 aromatic heterocycles. The molecule has 0 saturated carbocycles. The van der Waals surface area contributed by atoms with Gasteiger partial charge in [-0.15, -0.1) is 0 Å². The van der Waals surface area contributed by atoms with E-state index in [1.807, 2.05) is 12.3 Å². The van der Waals surface area contributed by atoms with Crippen LogP contribution in [0.3, 0.4) is 0 Å². The Morgan fingerprint density at radius 2 is 1.95 bits per heavy atom. The maximum atomic E-state index is 6.18. The molecule has 2 aromatic rings. The summed E-state index contributed by atoms with van der Waals surface area (Å²) in [6.07, 6.45) is 6.80. The van der Waals surface area contributed by atoms with E-state index in [1.165, 1.54) is 23.8 Å². The van der Waals surface area contributed by atoms with Gasteiger partial charge >= 0.3 is 0 Å². The molecule has 2 N–H and O–H groups in total. The first-order valence-electron chi connectivity index (χ1n) is 7.76. The number of aromatic nitrogens is 1. The van der Waals surface area contributed by atoms with Gasteiger partial charge in [0.1, 0.15) is 0 Å². The molecule has 110 valence electrons. The number of nitrogens with two attached hydrogens (primary N) is 1. The highest BCUT2D eigenvalue weighted by atomic mass is 79.9. The van der Waals surface area contributed by atoms with E-state index in [2.05, 4.69) is 44.0 Å². The predicted octanol–water partition coefficient (Wildman–Crippen LogP) is 3.45. The van der Waals surface area contributed by atoms with E-state index in [-0.39, 0.29) is 0 Å². The first-order valence-corrected chi connectivity index (χ1v) is 8.55. The van der Waals surface area contributed by atoms with E-state index >= 15 is 0 Å². The molecule has 2 fully saturated rings. The Hall–Kier alpha value is -0.970. The van der Waals surface area contributed by atoms with Crippen molar-refractivity contribution in [1.29, 1.82) is 0 Å². The summed E-state index contributed by atoms with van der Waals surface area (Å²) in [5.41, 5.74) is 8.64. The molecule has 2 atom stereocenters. The van der Waals surface area contributed by atoms with Crippen LogP contribution in [-0.4, -0.2) is 28.0 Å². The molecule has 4 rings (SSSR count). The Labute approximate surface area is 133 Å². The molecular formula is C17H20BrN3. The summed E-state index contributed by atoms with van der Waals surface area (Å²) in [5.74, 6) is 0. The van der Waals surface area contributed by atoms with Crippen LogP contribution < -0.4 is 5.73 Å². The van der Waals surface area contributed by atoms with Crippen molar-refractivity contribution in [3.05, 3.63) is 40.5 Å². The number of halogens is 1. The summed E-state index contributed by atoms with van der Waals surface area (Å²) in [4.78, 5) is 7.28. The van der Waals surface area contributed by atoms with Gasteiger partial charge in [0.25, 0.3) is 0 Å². The zero-order valence-corrected chi connectivity index (χ0v) is 13.6. The molecule has 2 saturated heterocycles. The summed E-state index contributed by atoms with van der Waals surface area (Å²) in [6.45, 7) is 1.00. The van der Waals surface area contributed by atoms with E-state index in [0.717, 1.165) is 29.4 Å². The zero-order valence-electron chi connectivity index (χ0n) is 12.0. The van der Waals surface area contributed by atoms with Gasteiger partial charge in [-0.25, -0.2) is 0 Å². The van der Waals surface area contributed by atoms with Gasteiger partial charge in [-0.1, -0.05) is 28.1 Å². The molecule has 0 amide bonds. The quantitative estimate of drug-likeness (QED) is 0.906. The maximum absolute atomic E-state index is 6.18. The van der Waals surface area contributed by atoms with Crippen molar-refractivity contribution < 1.29 is 0 Å². The molecule has 2 unspecified atom stereocenters. The predicted molar refractivity (Wildman–Crippen MR) is 89.0 cm³/mol. The van der Waals surface area contributed by atoms with Crippen LogP contribution in [0.1, 0.15) is 31.2 Å². The fourth-order valence-corrected chi connectivity index (χ4v) is 4.55. The molecule has 1 aromatic carbocycles. The van der Waals surface area contributed by atoms with Crippen LogP contribution in [0.15, 0.2) is 34.9 Å². The number of hydrogen-bond donors (Lipinski definition) is 1. The van der Waals surface area contributed by atoms with Gasteiger partial charge in [0, 0.05) is 40.7 Å². The zero-order chi connectivity index (χ0) is 14.4. The number of rotatable bonds is 2.